The molecule has 7 heteroatoms. The predicted molar refractivity (Wildman–Crippen MR) is 97.2 cm³/mol. The average Bonchev–Trinajstić information content (AvgIpc) is 3.23. The molecule has 0 radical (unpaired) electrons. The predicted octanol–water partition coefficient (Wildman–Crippen LogP) is 1.61. The topological polar surface area (TPSA) is 75.7 Å². The van der Waals surface area contributed by atoms with E-state index in [1.54, 1.807) is 10.4 Å². The third-order valence-electron chi connectivity index (χ3n) is 6.30. The van der Waals surface area contributed by atoms with Gasteiger partial charge in [-0.25, -0.2) is 8.42 Å². The molecule has 3 saturated heterocycles. The molecule has 0 aromatic heterocycles. The maximum atomic E-state index is 13.3. The van der Waals surface area contributed by atoms with Crippen molar-refractivity contribution in [2.24, 2.45) is 11.8 Å². The second-order valence-corrected chi connectivity index (χ2v) is 9.94. The highest BCUT2D eigenvalue weighted by molar-refractivity contribution is 7.89. The molecule has 0 unspecified atom stereocenters. The molecular weight excluding hydrogens is 352 g/mol. The van der Waals surface area contributed by atoms with Crippen LogP contribution >= 0.6 is 0 Å². The minimum absolute atomic E-state index is 0.0558. The Morgan fingerprint density at radius 2 is 2.15 bits per heavy atom. The standard InChI is InChI=1S/C19H26N2O4S/c1-12-4-5-13(2)18(8-12)26(23,24)21-10-16-15(9-20-14(3)22)17-6-7-19(16,11-21)25-17/h4-5,8,15-17H,6-7,9-11H2,1-3H3,(H,20,22)/t15-,16+,17+,19+/m0/s1. The minimum atomic E-state index is -3.55. The zero-order valence-electron chi connectivity index (χ0n) is 15.5. The minimum Gasteiger partial charge on any atom is -0.370 e. The first-order valence-corrected chi connectivity index (χ1v) is 10.7. The Balaban J connectivity index is 1.61. The smallest absolute Gasteiger partial charge is 0.243 e. The lowest BCUT2D eigenvalue weighted by Crippen LogP contribution is -2.41. The van der Waals surface area contributed by atoms with Gasteiger partial charge >= 0.3 is 0 Å². The van der Waals surface area contributed by atoms with E-state index in [0.717, 1.165) is 24.0 Å². The molecule has 3 aliphatic heterocycles. The van der Waals surface area contributed by atoms with Gasteiger partial charge in [0.25, 0.3) is 0 Å². The van der Waals surface area contributed by atoms with Gasteiger partial charge in [0, 0.05) is 38.4 Å². The summed E-state index contributed by atoms with van der Waals surface area (Å²) in [6.45, 7) is 6.70. The second-order valence-electron chi connectivity index (χ2n) is 8.03. The summed E-state index contributed by atoms with van der Waals surface area (Å²) in [5.41, 5.74) is 1.33. The van der Waals surface area contributed by atoms with Crippen LogP contribution in [0, 0.1) is 25.7 Å². The molecule has 0 saturated carbocycles. The number of rotatable bonds is 4. The molecule has 3 heterocycles. The van der Waals surface area contributed by atoms with Crippen molar-refractivity contribution in [2.75, 3.05) is 19.6 Å². The first-order valence-electron chi connectivity index (χ1n) is 9.23. The lowest BCUT2D eigenvalue weighted by atomic mass is 9.73. The van der Waals surface area contributed by atoms with E-state index in [1.165, 1.54) is 6.92 Å². The normalized spacial score (nSPS) is 33.4. The Morgan fingerprint density at radius 1 is 1.38 bits per heavy atom. The summed E-state index contributed by atoms with van der Waals surface area (Å²) < 4.78 is 34.5. The molecule has 2 bridgehead atoms. The molecule has 1 amide bonds. The average molecular weight is 378 g/mol. The highest BCUT2D eigenvalue weighted by atomic mass is 32.2. The summed E-state index contributed by atoms with van der Waals surface area (Å²) >= 11 is 0. The number of nitrogens with zero attached hydrogens (tertiary/aromatic N) is 1. The lowest BCUT2D eigenvalue weighted by Gasteiger charge is -2.29. The molecular formula is C19H26N2O4S. The summed E-state index contributed by atoms with van der Waals surface area (Å²) in [4.78, 5) is 11.7. The van der Waals surface area contributed by atoms with Crippen LogP contribution in [-0.4, -0.2) is 50.0 Å². The number of nitrogens with one attached hydrogen (secondary N) is 1. The van der Waals surface area contributed by atoms with Crippen LogP contribution in [0.25, 0.3) is 0 Å². The van der Waals surface area contributed by atoms with Gasteiger partial charge in [0.15, 0.2) is 0 Å². The molecule has 142 valence electrons. The van der Waals surface area contributed by atoms with Crippen molar-refractivity contribution in [2.45, 2.75) is 50.2 Å². The van der Waals surface area contributed by atoms with Gasteiger partial charge in [-0.2, -0.15) is 4.31 Å². The molecule has 1 N–H and O–H groups in total. The van der Waals surface area contributed by atoms with E-state index < -0.39 is 10.0 Å². The third kappa shape index (κ3) is 2.68. The number of benzene rings is 1. The number of aryl methyl sites for hydroxylation is 2. The zero-order chi connectivity index (χ0) is 18.7. The van der Waals surface area contributed by atoms with Crippen LogP contribution in [0.1, 0.15) is 30.9 Å². The Bertz CT molecular complexity index is 853. The van der Waals surface area contributed by atoms with Crippen molar-refractivity contribution in [1.82, 2.24) is 9.62 Å². The Hall–Kier alpha value is -1.44. The van der Waals surface area contributed by atoms with Crippen molar-refractivity contribution in [1.29, 1.82) is 0 Å². The maximum absolute atomic E-state index is 13.3. The molecule has 4 rings (SSSR count). The summed E-state index contributed by atoms with van der Waals surface area (Å²) in [5.74, 6) is 0.277. The monoisotopic (exact) mass is 378 g/mol. The van der Waals surface area contributed by atoms with Crippen LogP contribution in [0.15, 0.2) is 23.1 Å². The van der Waals surface area contributed by atoms with Crippen LogP contribution in [0.3, 0.4) is 0 Å². The molecule has 1 aromatic rings. The van der Waals surface area contributed by atoms with E-state index in [1.807, 2.05) is 26.0 Å². The van der Waals surface area contributed by atoms with E-state index in [4.69, 9.17) is 4.74 Å². The summed E-state index contributed by atoms with van der Waals surface area (Å²) in [5, 5.41) is 2.90. The zero-order valence-corrected chi connectivity index (χ0v) is 16.3. The Kier molecular flexibility index (Phi) is 4.17. The van der Waals surface area contributed by atoms with Crippen LogP contribution in [0.2, 0.25) is 0 Å². The van der Waals surface area contributed by atoms with Crippen LogP contribution in [0.5, 0.6) is 0 Å². The van der Waals surface area contributed by atoms with Gasteiger partial charge in [-0.15, -0.1) is 0 Å². The highest BCUT2D eigenvalue weighted by Crippen LogP contribution is 2.55. The highest BCUT2D eigenvalue weighted by Gasteiger charge is 2.64. The number of hydrogen-bond acceptors (Lipinski definition) is 4. The van der Waals surface area contributed by atoms with Crippen LogP contribution in [-0.2, 0) is 19.6 Å². The Labute approximate surface area is 155 Å². The number of hydrogen-bond donors (Lipinski definition) is 1. The molecule has 6 nitrogen and oxygen atoms in total. The largest absolute Gasteiger partial charge is 0.370 e. The molecule has 1 spiro atoms. The van der Waals surface area contributed by atoms with Crippen LogP contribution in [0.4, 0.5) is 0 Å². The van der Waals surface area contributed by atoms with E-state index in [9.17, 15) is 13.2 Å². The number of carbonyl (C=O) groups is 1. The SMILES string of the molecule is CC(=O)NC[C@H]1[C@H]2CN(S(=O)(=O)c3cc(C)ccc3C)C[C@]23CC[C@H]1O3. The van der Waals surface area contributed by atoms with Gasteiger partial charge in [0.05, 0.1) is 16.6 Å². The number of ether oxygens (including phenoxy) is 1. The van der Waals surface area contributed by atoms with Gasteiger partial charge in [0.1, 0.15) is 0 Å². The van der Waals surface area contributed by atoms with Crippen LogP contribution < -0.4 is 5.32 Å². The quantitative estimate of drug-likeness (QED) is 0.864. The fourth-order valence-corrected chi connectivity index (χ4v) is 6.82. The third-order valence-corrected chi connectivity index (χ3v) is 8.25. The number of amides is 1. The molecule has 0 aliphatic carbocycles. The fourth-order valence-electron chi connectivity index (χ4n) is 4.99. The molecule has 4 atom stereocenters. The Morgan fingerprint density at radius 3 is 2.88 bits per heavy atom. The number of sulfonamides is 1. The van der Waals surface area contributed by atoms with Crippen molar-refractivity contribution in [3.05, 3.63) is 29.3 Å². The summed E-state index contributed by atoms with van der Waals surface area (Å²) in [7, 11) is -3.55. The second kappa shape index (κ2) is 6.04. The van der Waals surface area contributed by atoms with Gasteiger partial charge in [-0.05, 0) is 43.9 Å². The molecule has 26 heavy (non-hydrogen) atoms. The van der Waals surface area contributed by atoms with Gasteiger partial charge < -0.3 is 10.1 Å². The van der Waals surface area contributed by atoms with E-state index in [2.05, 4.69) is 5.32 Å². The van der Waals surface area contributed by atoms with Gasteiger partial charge in [0.2, 0.25) is 15.9 Å². The first-order chi connectivity index (χ1) is 12.2. The maximum Gasteiger partial charge on any atom is 0.243 e. The first kappa shape index (κ1) is 17.9. The number of fused-ring (bicyclic) bond motifs is 1. The van der Waals surface area contributed by atoms with Gasteiger partial charge in [-0.1, -0.05) is 12.1 Å². The van der Waals surface area contributed by atoms with E-state index >= 15 is 0 Å². The van der Waals surface area contributed by atoms with E-state index in [-0.39, 0.29) is 29.4 Å². The van der Waals surface area contributed by atoms with Gasteiger partial charge in [-0.3, -0.25) is 4.79 Å². The number of carbonyl (C=O) groups excluding carboxylic acids is 1. The van der Waals surface area contributed by atoms with Crippen molar-refractivity contribution in [3.63, 3.8) is 0 Å². The fraction of sp³-hybridized carbons (Fsp3) is 0.632. The van der Waals surface area contributed by atoms with Crippen molar-refractivity contribution in [3.8, 4) is 0 Å². The van der Waals surface area contributed by atoms with Crippen molar-refractivity contribution >= 4 is 15.9 Å². The molecule has 3 aliphatic rings. The molecule has 1 aromatic carbocycles. The van der Waals surface area contributed by atoms with Crippen molar-refractivity contribution < 1.29 is 17.9 Å². The summed E-state index contributed by atoms with van der Waals surface area (Å²) in [6.07, 6.45) is 1.98. The summed E-state index contributed by atoms with van der Waals surface area (Å²) in [6, 6.07) is 5.54. The van der Waals surface area contributed by atoms with E-state index in [0.29, 0.717) is 24.5 Å². The lowest BCUT2D eigenvalue weighted by molar-refractivity contribution is -0.119. The molecule has 3 fully saturated rings.